The molecular weight excluding hydrogens is 302 g/mol. The maximum Gasteiger partial charge on any atom is 0.181 e. The summed E-state index contributed by atoms with van der Waals surface area (Å²) >= 11 is 0. The molecule has 0 saturated carbocycles. The van der Waals surface area contributed by atoms with Gasteiger partial charge in [0, 0.05) is 18.7 Å². The van der Waals surface area contributed by atoms with Crippen LogP contribution in [-0.2, 0) is 0 Å². The normalized spacial score (nSPS) is 16.5. The van der Waals surface area contributed by atoms with Gasteiger partial charge in [0.15, 0.2) is 11.6 Å². The second kappa shape index (κ2) is 6.52. The van der Waals surface area contributed by atoms with Gasteiger partial charge in [-0.2, -0.15) is 5.10 Å². The van der Waals surface area contributed by atoms with Crippen molar-refractivity contribution < 1.29 is 0 Å². The summed E-state index contributed by atoms with van der Waals surface area (Å²) in [4.78, 5) is 7.01. The highest BCUT2D eigenvalue weighted by atomic mass is 15.4. The average Bonchev–Trinajstić information content (AvgIpc) is 3.32. The van der Waals surface area contributed by atoms with E-state index in [4.69, 9.17) is 0 Å². The smallest absolute Gasteiger partial charge is 0.181 e. The molecule has 0 bridgehead atoms. The first kappa shape index (κ1) is 15.0. The van der Waals surface area contributed by atoms with Gasteiger partial charge in [0.05, 0.1) is 12.2 Å². The third-order valence-corrected chi connectivity index (χ3v) is 4.65. The molecule has 4 rings (SSSR count). The van der Waals surface area contributed by atoms with Crippen molar-refractivity contribution in [3.8, 4) is 22.9 Å². The number of rotatable bonds is 4. The van der Waals surface area contributed by atoms with Gasteiger partial charge in [-0.15, -0.1) is 5.10 Å². The van der Waals surface area contributed by atoms with Crippen LogP contribution in [0.25, 0.3) is 22.9 Å². The zero-order valence-electron chi connectivity index (χ0n) is 13.8. The Balaban J connectivity index is 1.50. The van der Waals surface area contributed by atoms with E-state index in [0.29, 0.717) is 17.7 Å². The number of nitrogens with zero attached hydrogens (tertiary/aromatic N) is 6. The number of piperidine rings is 1. The predicted molar refractivity (Wildman–Crippen MR) is 91.2 cm³/mol. The Morgan fingerprint density at radius 3 is 2.71 bits per heavy atom. The molecule has 1 N–H and O–H groups in total. The quantitative estimate of drug-likeness (QED) is 0.798. The highest BCUT2D eigenvalue weighted by Gasteiger charge is 2.21. The fourth-order valence-electron chi connectivity index (χ4n) is 3.16. The van der Waals surface area contributed by atoms with E-state index in [2.05, 4.69) is 37.3 Å². The molecule has 0 unspecified atom stereocenters. The van der Waals surface area contributed by atoms with E-state index in [1.54, 1.807) is 0 Å². The van der Waals surface area contributed by atoms with Gasteiger partial charge in [0.2, 0.25) is 0 Å². The first-order valence-corrected chi connectivity index (χ1v) is 8.46. The summed E-state index contributed by atoms with van der Waals surface area (Å²) in [6.45, 7) is 5.57. The number of nitrogens with one attached hydrogen (secondary N) is 1. The van der Waals surface area contributed by atoms with E-state index in [1.165, 1.54) is 0 Å². The van der Waals surface area contributed by atoms with Crippen LogP contribution in [0.15, 0.2) is 36.5 Å². The number of aromatic nitrogens is 6. The molecule has 1 aliphatic heterocycles. The molecule has 2 aromatic heterocycles. The monoisotopic (exact) mass is 323 g/mol. The first-order valence-electron chi connectivity index (χ1n) is 8.46. The SMILES string of the molecule is CCN1CCC(n2cc(-c3nc(-c4ccccc4)n[nH]3)nn2)CC1. The lowest BCUT2D eigenvalue weighted by atomic mass is 10.1. The molecular formula is C17H21N7. The molecule has 3 heterocycles. The van der Waals surface area contributed by atoms with Crippen molar-refractivity contribution >= 4 is 0 Å². The van der Waals surface area contributed by atoms with Gasteiger partial charge in [-0.05, 0) is 19.4 Å². The number of benzene rings is 1. The summed E-state index contributed by atoms with van der Waals surface area (Å²) in [5.41, 5.74) is 1.72. The van der Waals surface area contributed by atoms with Crippen LogP contribution < -0.4 is 0 Å². The van der Waals surface area contributed by atoms with Crippen LogP contribution in [0.3, 0.4) is 0 Å². The largest absolute Gasteiger partial charge is 0.303 e. The van der Waals surface area contributed by atoms with Crippen LogP contribution in [0.2, 0.25) is 0 Å². The topological polar surface area (TPSA) is 75.5 Å². The van der Waals surface area contributed by atoms with Crippen LogP contribution in [0.4, 0.5) is 0 Å². The number of likely N-dealkylation sites (tertiary alicyclic amines) is 1. The Bertz CT molecular complexity index is 784. The Morgan fingerprint density at radius 2 is 1.96 bits per heavy atom. The highest BCUT2D eigenvalue weighted by molar-refractivity contribution is 5.58. The molecule has 1 aliphatic rings. The lowest BCUT2D eigenvalue weighted by molar-refractivity contribution is 0.186. The fourth-order valence-corrected chi connectivity index (χ4v) is 3.16. The van der Waals surface area contributed by atoms with Crippen molar-refractivity contribution in [3.63, 3.8) is 0 Å². The standard InChI is InChI=1S/C17H21N7/c1-2-23-10-8-14(9-11-23)24-12-15(19-22-24)17-18-16(20-21-17)13-6-4-3-5-7-13/h3-7,12,14H,2,8-11H2,1H3,(H,18,20,21). The molecule has 0 amide bonds. The Morgan fingerprint density at radius 1 is 1.17 bits per heavy atom. The summed E-state index contributed by atoms with van der Waals surface area (Å²) in [6.07, 6.45) is 4.20. The number of aromatic amines is 1. The van der Waals surface area contributed by atoms with Crippen molar-refractivity contribution in [3.05, 3.63) is 36.5 Å². The van der Waals surface area contributed by atoms with Crippen LogP contribution in [0.5, 0.6) is 0 Å². The van der Waals surface area contributed by atoms with Gasteiger partial charge in [0.25, 0.3) is 0 Å². The summed E-state index contributed by atoms with van der Waals surface area (Å²) in [5.74, 6) is 1.34. The third-order valence-electron chi connectivity index (χ3n) is 4.65. The number of hydrogen-bond acceptors (Lipinski definition) is 5. The predicted octanol–water partition coefficient (Wildman–Crippen LogP) is 2.39. The van der Waals surface area contributed by atoms with Gasteiger partial charge in [0.1, 0.15) is 5.69 Å². The van der Waals surface area contributed by atoms with Gasteiger partial charge < -0.3 is 4.90 Å². The Labute approximate surface area is 140 Å². The molecule has 24 heavy (non-hydrogen) atoms. The van der Waals surface area contributed by atoms with E-state index in [1.807, 2.05) is 41.2 Å². The van der Waals surface area contributed by atoms with Crippen molar-refractivity contribution in [2.45, 2.75) is 25.8 Å². The molecule has 124 valence electrons. The number of hydrogen-bond donors (Lipinski definition) is 1. The van der Waals surface area contributed by atoms with Crippen molar-refractivity contribution in [2.24, 2.45) is 0 Å². The van der Waals surface area contributed by atoms with E-state index < -0.39 is 0 Å². The molecule has 0 spiro atoms. The van der Waals surface area contributed by atoms with E-state index >= 15 is 0 Å². The molecule has 1 saturated heterocycles. The van der Waals surface area contributed by atoms with Crippen molar-refractivity contribution in [1.29, 1.82) is 0 Å². The molecule has 1 aromatic carbocycles. The molecule has 7 heteroatoms. The molecule has 0 aliphatic carbocycles. The van der Waals surface area contributed by atoms with Gasteiger partial charge >= 0.3 is 0 Å². The minimum atomic E-state index is 0.422. The minimum absolute atomic E-state index is 0.422. The molecule has 1 fully saturated rings. The maximum absolute atomic E-state index is 4.54. The zero-order chi connectivity index (χ0) is 16.4. The Hall–Kier alpha value is -2.54. The summed E-state index contributed by atoms with van der Waals surface area (Å²) in [6, 6.07) is 10.3. The third kappa shape index (κ3) is 2.94. The van der Waals surface area contributed by atoms with Crippen LogP contribution >= 0.6 is 0 Å². The fraction of sp³-hybridized carbons (Fsp3) is 0.412. The molecule has 7 nitrogen and oxygen atoms in total. The molecule has 0 atom stereocenters. The lowest BCUT2D eigenvalue weighted by Gasteiger charge is -2.30. The van der Waals surface area contributed by atoms with Crippen LogP contribution in [0, 0.1) is 0 Å². The van der Waals surface area contributed by atoms with E-state index in [-0.39, 0.29) is 0 Å². The van der Waals surface area contributed by atoms with Crippen LogP contribution in [-0.4, -0.2) is 54.7 Å². The first-order chi connectivity index (χ1) is 11.8. The zero-order valence-corrected chi connectivity index (χ0v) is 13.8. The minimum Gasteiger partial charge on any atom is -0.303 e. The Kier molecular flexibility index (Phi) is 4.08. The summed E-state index contributed by atoms with van der Waals surface area (Å²) in [7, 11) is 0. The van der Waals surface area contributed by atoms with Crippen LogP contribution in [0.1, 0.15) is 25.8 Å². The summed E-state index contributed by atoms with van der Waals surface area (Å²) < 4.78 is 1.98. The second-order valence-corrected chi connectivity index (χ2v) is 6.12. The van der Waals surface area contributed by atoms with Gasteiger partial charge in [-0.1, -0.05) is 42.5 Å². The second-order valence-electron chi connectivity index (χ2n) is 6.12. The maximum atomic E-state index is 4.54. The average molecular weight is 323 g/mol. The van der Waals surface area contributed by atoms with E-state index in [9.17, 15) is 0 Å². The van der Waals surface area contributed by atoms with Gasteiger partial charge in [-0.25, -0.2) is 9.67 Å². The number of H-pyrrole nitrogens is 1. The summed E-state index contributed by atoms with van der Waals surface area (Å²) in [5, 5.41) is 15.8. The molecule has 0 radical (unpaired) electrons. The van der Waals surface area contributed by atoms with Crippen molar-refractivity contribution in [2.75, 3.05) is 19.6 Å². The lowest BCUT2D eigenvalue weighted by Crippen LogP contribution is -2.34. The van der Waals surface area contributed by atoms with E-state index in [0.717, 1.165) is 43.7 Å². The molecule has 3 aromatic rings. The van der Waals surface area contributed by atoms with Crippen molar-refractivity contribution in [1.82, 2.24) is 35.1 Å². The highest BCUT2D eigenvalue weighted by Crippen LogP contribution is 2.23. The van der Waals surface area contributed by atoms with Gasteiger partial charge in [-0.3, -0.25) is 5.10 Å².